The summed E-state index contributed by atoms with van der Waals surface area (Å²) in [6.45, 7) is 0.144. The van der Waals surface area contributed by atoms with E-state index in [2.05, 4.69) is 0 Å². The molecule has 8 nitrogen and oxygen atoms in total. The molecule has 8 heteroatoms. The fourth-order valence-corrected chi connectivity index (χ4v) is 3.48. The van der Waals surface area contributed by atoms with Crippen LogP contribution >= 0.6 is 0 Å². The fraction of sp³-hybridized carbons (Fsp3) is 0.333. The zero-order valence-electron chi connectivity index (χ0n) is 14.7. The molecule has 0 saturated heterocycles. The summed E-state index contributed by atoms with van der Waals surface area (Å²) in [7, 11) is 4.63. The Bertz CT molecular complexity index is 1040. The number of hydrogen-bond donors (Lipinski definition) is 0. The second-order valence-corrected chi connectivity index (χ2v) is 6.24. The monoisotopic (exact) mass is 357 g/mol. The van der Waals surface area contributed by atoms with Crippen molar-refractivity contribution in [1.29, 1.82) is 0 Å². The molecule has 0 saturated carbocycles. The first kappa shape index (κ1) is 16.3. The molecule has 1 aliphatic heterocycles. The molecular weight excluding hydrogens is 338 g/mol. The van der Waals surface area contributed by atoms with E-state index >= 15 is 0 Å². The minimum atomic E-state index is -0.361. The van der Waals surface area contributed by atoms with Crippen LogP contribution in [-0.4, -0.2) is 27.8 Å². The SMILES string of the molecule is COc1cc([C@H]2C=CC=C[C@@H]2n2c(=O)n(C)c(=O)n2C)cc2c1OCO2. The number of ether oxygens (including phenoxy) is 3. The van der Waals surface area contributed by atoms with E-state index in [1.165, 1.54) is 16.4 Å². The summed E-state index contributed by atoms with van der Waals surface area (Å²) in [6, 6.07) is 3.41. The first-order valence-electron chi connectivity index (χ1n) is 8.20. The lowest BCUT2D eigenvalue weighted by Gasteiger charge is -2.26. The molecule has 1 aromatic carbocycles. The maximum absolute atomic E-state index is 12.6. The molecule has 2 atom stereocenters. The molecule has 26 heavy (non-hydrogen) atoms. The Balaban J connectivity index is 1.85. The van der Waals surface area contributed by atoms with E-state index in [0.717, 1.165) is 10.1 Å². The van der Waals surface area contributed by atoms with Crippen LogP contribution in [0.3, 0.4) is 0 Å². The zero-order chi connectivity index (χ0) is 18.4. The second-order valence-electron chi connectivity index (χ2n) is 6.24. The lowest BCUT2D eigenvalue weighted by molar-refractivity contribution is 0.171. The molecule has 2 aromatic rings. The number of rotatable bonds is 3. The van der Waals surface area contributed by atoms with Crippen LogP contribution in [-0.2, 0) is 14.1 Å². The lowest BCUT2D eigenvalue weighted by Crippen LogP contribution is -2.32. The van der Waals surface area contributed by atoms with Crippen LogP contribution in [0.2, 0.25) is 0 Å². The van der Waals surface area contributed by atoms with Crippen molar-refractivity contribution >= 4 is 0 Å². The van der Waals surface area contributed by atoms with Crippen molar-refractivity contribution in [3.63, 3.8) is 0 Å². The van der Waals surface area contributed by atoms with Gasteiger partial charge in [0, 0.05) is 20.0 Å². The van der Waals surface area contributed by atoms with Gasteiger partial charge in [-0.2, -0.15) is 0 Å². The van der Waals surface area contributed by atoms with Gasteiger partial charge in [0.2, 0.25) is 12.5 Å². The summed E-state index contributed by atoms with van der Waals surface area (Å²) in [4.78, 5) is 24.7. The van der Waals surface area contributed by atoms with Crippen molar-refractivity contribution in [3.8, 4) is 17.2 Å². The summed E-state index contributed by atoms with van der Waals surface area (Å²) >= 11 is 0. The number of methoxy groups -OCH3 is 1. The molecule has 4 rings (SSSR count). The van der Waals surface area contributed by atoms with E-state index in [1.54, 1.807) is 14.2 Å². The summed E-state index contributed by atoms with van der Waals surface area (Å²) in [5.41, 5.74) is 0.181. The van der Waals surface area contributed by atoms with Gasteiger partial charge in [0.05, 0.1) is 13.2 Å². The Morgan fingerprint density at radius 3 is 2.54 bits per heavy atom. The quantitative estimate of drug-likeness (QED) is 0.821. The van der Waals surface area contributed by atoms with Gasteiger partial charge in [0.15, 0.2) is 11.5 Å². The Morgan fingerprint density at radius 2 is 1.85 bits per heavy atom. The molecule has 0 unspecified atom stereocenters. The zero-order valence-corrected chi connectivity index (χ0v) is 14.7. The highest BCUT2D eigenvalue weighted by molar-refractivity contribution is 5.56. The van der Waals surface area contributed by atoms with Crippen molar-refractivity contribution in [2.24, 2.45) is 14.1 Å². The molecule has 2 heterocycles. The third kappa shape index (κ3) is 2.29. The van der Waals surface area contributed by atoms with Gasteiger partial charge in [0.25, 0.3) is 0 Å². The number of nitrogens with zero attached hydrogens (tertiary/aromatic N) is 3. The van der Waals surface area contributed by atoms with E-state index in [4.69, 9.17) is 14.2 Å². The highest BCUT2D eigenvalue weighted by Gasteiger charge is 2.30. The van der Waals surface area contributed by atoms with E-state index in [9.17, 15) is 9.59 Å². The third-order valence-electron chi connectivity index (χ3n) is 4.82. The van der Waals surface area contributed by atoms with E-state index < -0.39 is 0 Å². The summed E-state index contributed by atoms with van der Waals surface area (Å²) < 4.78 is 20.3. The normalized spacial score (nSPS) is 20.6. The van der Waals surface area contributed by atoms with Crippen LogP contribution in [0.15, 0.2) is 46.0 Å². The van der Waals surface area contributed by atoms with Crippen LogP contribution < -0.4 is 25.6 Å². The Kier molecular flexibility index (Phi) is 3.75. The lowest BCUT2D eigenvalue weighted by atomic mass is 9.88. The van der Waals surface area contributed by atoms with E-state index in [1.807, 2.05) is 36.4 Å². The number of hydrogen-bond acceptors (Lipinski definition) is 5. The maximum atomic E-state index is 12.6. The van der Waals surface area contributed by atoms with Gasteiger partial charge in [-0.05, 0) is 17.7 Å². The highest BCUT2D eigenvalue weighted by Crippen LogP contribution is 2.45. The van der Waals surface area contributed by atoms with Crippen molar-refractivity contribution < 1.29 is 14.2 Å². The van der Waals surface area contributed by atoms with Gasteiger partial charge in [-0.15, -0.1) is 0 Å². The van der Waals surface area contributed by atoms with Gasteiger partial charge in [-0.1, -0.05) is 24.3 Å². The smallest absolute Gasteiger partial charge is 0.347 e. The van der Waals surface area contributed by atoms with Crippen LogP contribution in [0.4, 0.5) is 0 Å². The predicted molar refractivity (Wildman–Crippen MR) is 94.1 cm³/mol. The van der Waals surface area contributed by atoms with Crippen molar-refractivity contribution in [2.45, 2.75) is 12.0 Å². The molecule has 0 radical (unpaired) electrons. The highest BCUT2D eigenvalue weighted by atomic mass is 16.7. The summed E-state index contributed by atoms with van der Waals surface area (Å²) in [5, 5.41) is 0. The topological polar surface area (TPSA) is 76.6 Å². The molecule has 0 spiro atoms. The second kappa shape index (κ2) is 5.98. The number of allylic oxidation sites excluding steroid dienone is 4. The first-order chi connectivity index (χ1) is 12.5. The van der Waals surface area contributed by atoms with Crippen LogP contribution in [0.1, 0.15) is 17.5 Å². The molecule has 136 valence electrons. The standard InChI is InChI=1S/C18H19N3O5/c1-19-17(22)20(2)21(18(19)23)13-7-5-4-6-12(13)11-8-14(24-3)16-15(9-11)25-10-26-16/h4-9,12-13H,10H2,1-3H3/t12-,13+/m1/s1. The molecule has 0 N–H and O–H groups in total. The first-order valence-corrected chi connectivity index (χ1v) is 8.20. The van der Waals surface area contributed by atoms with Crippen LogP contribution in [0.5, 0.6) is 17.2 Å². The average Bonchev–Trinajstić information content (AvgIpc) is 3.21. The van der Waals surface area contributed by atoms with Crippen molar-refractivity contribution in [3.05, 3.63) is 63.0 Å². The van der Waals surface area contributed by atoms with Gasteiger partial charge < -0.3 is 14.2 Å². The molecule has 0 fully saturated rings. The Morgan fingerprint density at radius 1 is 1.08 bits per heavy atom. The Hall–Kier alpha value is -3.16. The van der Waals surface area contributed by atoms with Gasteiger partial charge in [-0.25, -0.2) is 23.5 Å². The van der Waals surface area contributed by atoms with Gasteiger partial charge in [0.1, 0.15) is 0 Å². The van der Waals surface area contributed by atoms with Crippen LogP contribution in [0.25, 0.3) is 0 Å². The van der Waals surface area contributed by atoms with Gasteiger partial charge in [-0.3, -0.25) is 0 Å². The van der Waals surface area contributed by atoms with Gasteiger partial charge >= 0.3 is 11.4 Å². The fourth-order valence-electron chi connectivity index (χ4n) is 3.48. The van der Waals surface area contributed by atoms with E-state index in [0.29, 0.717) is 17.2 Å². The number of benzene rings is 1. The van der Waals surface area contributed by atoms with Crippen LogP contribution in [0, 0.1) is 0 Å². The number of fused-ring (bicyclic) bond motifs is 1. The van der Waals surface area contributed by atoms with Crippen molar-refractivity contribution in [1.82, 2.24) is 13.9 Å². The Labute approximate surface area is 149 Å². The molecule has 0 bridgehead atoms. The molecular formula is C18H19N3O5. The minimum absolute atomic E-state index is 0.144. The third-order valence-corrected chi connectivity index (χ3v) is 4.82. The largest absolute Gasteiger partial charge is 0.493 e. The molecule has 0 amide bonds. The predicted octanol–water partition coefficient (Wildman–Crippen LogP) is 1.07. The minimum Gasteiger partial charge on any atom is -0.493 e. The molecule has 1 aromatic heterocycles. The summed E-state index contributed by atoms with van der Waals surface area (Å²) in [5.74, 6) is 1.59. The molecule has 2 aliphatic rings. The molecule has 1 aliphatic carbocycles. The maximum Gasteiger partial charge on any atom is 0.347 e. The summed E-state index contributed by atoms with van der Waals surface area (Å²) in [6.07, 6.45) is 7.69. The average molecular weight is 357 g/mol. The number of aromatic nitrogens is 3. The van der Waals surface area contributed by atoms with Crippen molar-refractivity contribution in [2.75, 3.05) is 13.9 Å². The van der Waals surface area contributed by atoms with E-state index in [-0.39, 0.29) is 30.1 Å².